The normalized spacial score (nSPS) is 10.4. The van der Waals surface area contributed by atoms with Crippen molar-refractivity contribution in [1.82, 2.24) is 0 Å². The smallest absolute Gasteiger partial charge is 0.0992 e. The molecule has 0 atom stereocenters. The van der Waals surface area contributed by atoms with Crippen LogP contribution in [-0.4, -0.2) is 6.21 Å². The lowest BCUT2D eigenvalue weighted by Crippen LogP contribution is -1.90. The molecular formula is C20H15N3. The fraction of sp³-hybridized carbons (Fsp3) is 0. The Morgan fingerprint density at radius 2 is 1.57 bits per heavy atom. The van der Waals surface area contributed by atoms with Gasteiger partial charge in [-0.15, -0.1) is 0 Å². The summed E-state index contributed by atoms with van der Waals surface area (Å²) in [6.45, 7) is 0. The van der Waals surface area contributed by atoms with E-state index in [1.54, 1.807) is 18.3 Å². The van der Waals surface area contributed by atoms with Gasteiger partial charge in [-0.25, -0.2) is 0 Å². The van der Waals surface area contributed by atoms with Gasteiger partial charge in [-0.2, -0.15) is 5.26 Å². The largest absolute Gasteiger partial charge is 0.356 e. The molecule has 110 valence electrons. The van der Waals surface area contributed by atoms with Crippen molar-refractivity contribution in [3.05, 3.63) is 90.0 Å². The summed E-state index contributed by atoms with van der Waals surface area (Å²) in [5.74, 6) is 0. The van der Waals surface area contributed by atoms with Gasteiger partial charge in [-0.3, -0.25) is 4.99 Å². The van der Waals surface area contributed by atoms with Gasteiger partial charge in [-0.05, 0) is 48.0 Å². The van der Waals surface area contributed by atoms with E-state index in [9.17, 15) is 0 Å². The summed E-state index contributed by atoms with van der Waals surface area (Å²) in [5, 5.41) is 12.2. The first-order chi connectivity index (χ1) is 11.3. The Morgan fingerprint density at radius 3 is 2.30 bits per heavy atom. The number of anilines is 2. The van der Waals surface area contributed by atoms with Crippen LogP contribution in [0.4, 0.5) is 17.1 Å². The summed E-state index contributed by atoms with van der Waals surface area (Å²) in [7, 11) is 0. The lowest BCUT2D eigenvalue weighted by atomic mass is 10.2. The molecule has 3 aromatic carbocycles. The quantitative estimate of drug-likeness (QED) is 0.685. The highest BCUT2D eigenvalue weighted by Gasteiger charge is 1.95. The molecule has 3 aromatic rings. The van der Waals surface area contributed by atoms with E-state index in [1.807, 2.05) is 66.7 Å². The first-order valence-corrected chi connectivity index (χ1v) is 7.30. The number of para-hydroxylation sites is 1. The molecule has 0 unspecified atom stereocenters. The Labute approximate surface area is 135 Å². The maximum atomic E-state index is 8.89. The zero-order valence-corrected chi connectivity index (χ0v) is 12.5. The number of nitrogens with zero attached hydrogens (tertiary/aromatic N) is 2. The first kappa shape index (κ1) is 14.6. The highest BCUT2D eigenvalue weighted by atomic mass is 14.9. The molecule has 1 N–H and O–H groups in total. The average molecular weight is 297 g/mol. The molecule has 3 nitrogen and oxygen atoms in total. The average Bonchev–Trinajstić information content (AvgIpc) is 2.62. The van der Waals surface area contributed by atoms with Crippen LogP contribution in [0.15, 0.2) is 83.9 Å². The van der Waals surface area contributed by atoms with Gasteiger partial charge in [0.1, 0.15) is 0 Å². The van der Waals surface area contributed by atoms with Crippen LogP contribution in [0, 0.1) is 11.3 Å². The van der Waals surface area contributed by atoms with E-state index in [4.69, 9.17) is 5.26 Å². The maximum Gasteiger partial charge on any atom is 0.0992 e. The Bertz CT molecular complexity index is 844. The van der Waals surface area contributed by atoms with Crippen molar-refractivity contribution in [2.24, 2.45) is 4.99 Å². The predicted octanol–water partition coefficient (Wildman–Crippen LogP) is 5.05. The Hall–Kier alpha value is -3.38. The highest BCUT2D eigenvalue weighted by molar-refractivity contribution is 5.82. The highest BCUT2D eigenvalue weighted by Crippen LogP contribution is 2.17. The molecule has 0 amide bonds. The van der Waals surface area contributed by atoms with Crippen molar-refractivity contribution in [2.45, 2.75) is 0 Å². The summed E-state index contributed by atoms with van der Waals surface area (Å²) in [5.41, 5.74) is 4.48. The van der Waals surface area contributed by atoms with Gasteiger partial charge < -0.3 is 5.32 Å². The second-order valence-electron chi connectivity index (χ2n) is 5.03. The van der Waals surface area contributed by atoms with Crippen LogP contribution in [-0.2, 0) is 0 Å². The molecule has 3 heteroatoms. The SMILES string of the molecule is N#Cc1cccc(N=Cc2ccc(Nc3ccccc3)cc2)c1. The molecule has 0 heterocycles. The van der Waals surface area contributed by atoms with Crippen LogP contribution in [0.1, 0.15) is 11.1 Å². The molecule has 0 aliphatic heterocycles. The van der Waals surface area contributed by atoms with Crippen LogP contribution in [0.25, 0.3) is 0 Å². The number of hydrogen-bond donors (Lipinski definition) is 1. The molecule has 0 spiro atoms. The lowest BCUT2D eigenvalue weighted by molar-refractivity contribution is 1.46. The summed E-state index contributed by atoms with van der Waals surface area (Å²) in [6, 6.07) is 27.4. The van der Waals surface area contributed by atoms with Crippen LogP contribution >= 0.6 is 0 Å². The van der Waals surface area contributed by atoms with Crippen molar-refractivity contribution in [3.63, 3.8) is 0 Å². The minimum atomic E-state index is 0.613. The van der Waals surface area contributed by atoms with E-state index in [0.717, 1.165) is 22.6 Å². The van der Waals surface area contributed by atoms with Crippen LogP contribution in [0.2, 0.25) is 0 Å². The molecule has 0 fully saturated rings. The van der Waals surface area contributed by atoms with E-state index < -0.39 is 0 Å². The third-order valence-electron chi connectivity index (χ3n) is 3.31. The molecular weight excluding hydrogens is 282 g/mol. The number of nitriles is 1. The molecule has 0 aliphatic rings. The van der Waals surface area contributed by atoms with E-state index in [2.05, 4.69) is 16.4 Å². The summed E-state index contributed by atoms with van der Waals surface area (Å²) >= 11 is 0. The molecule has 0 bridgehead atoms. The Kier molecular flexibility index (Phi) is 4.47. The van der Waals surface area contributed by atoms with Gasteiger partial charge >= 0.3 is 0 Å². The minimum Gasteiger partial charge on any atom is -0.356 e. The summed E-state index contributed by atoms with van der Waals surface area (Å²) in [6.07, 6.45) is 1.79. The van der Waals surface area contributed by atoms with Crippen molar-refractivity contribution in [1.29, 1.82) is 5.26 Å². The van der Waals surface area contributed by atoms with Crippen LogP contribution in [0.5, 0.6) is 0 Å². The number of rotatable bonds is 4. The van der Waals surface area contributed by atoms with Gasteiger partial charge in [-0.1, -0.05) is 36.4 Å². The Balaban J connectivity index is 1.70. The zero-order chi connectivity index (χ0) is 15.9. The zero-order valence-electron chi connectivity index (χ0n) is 12.5. The minimum absolute atomic E-state index is 0.613. The maximum absolute atomic E-state index is 8.89. The second-order valence-corrected chi connectivity index (χ2v) is 5.03. The third kappa shape index (κ3) is 4.05. The molecule has 23 heavy (non-hydrogen) atoms. The van der Waals surface area contributed by atoms with Crippen LogP contribution < -0.4 is 5.32 Å². The second kappa shape index (κ2) is 7.06. The topological polar surface area (TPSA) is 48.2 Å². The van der Waals surface area contributed by atoms with Crippen LogP contribution in [0.3, 0.4) is 0 Å². The van der Waals surface area contributed by atoms with E-state index >= 15 is 0 Å². The van der Waals surface area contributed by atoms with E-state index in [1.165, 1.54) is 0 Å². The standard InChI is InChI=1S/C20H15N3/c21-14-17-5-4-8-20(13-17)22-15-16-9-11-19(12-10-16)23-18-6-2-1-3-7-18/h1-13,15,23H. The fourth-order valence-corrected chi connectivity index (χ4v) is 2.15. The first-order valence-electron chi connectivity index (χ1n) is 7.30. The predicted molar refractivity (Wildman–Crippen MR) is 94.6 cm³/mol. The van der Waals surface area contributed by atoms with Gasteiger partial charge in [0.25, 0.3) is 0 Å². The van der Waals surface area contributed by atoms with Gasteiger partial charge in [0.15, 0.2) is 0 Å². The third-order valence-corrected chi connectivity index (χ3v) is 3.31. The van der Waals surface area contributed by atoms with Gasteiger partial charge in [0.2, 0.25) is 0 Å². The molecule has 0 saturated carbocycles. The van der Waals surface area contributed by atoms with Gasteiger partial charge in [0.05, 0.1) is 17.3 Å². The van der Waals surface area contributed by atoms with E-state index in [-0.39, 0.29) is 0 Å². The van der Waals surface area contributed by atoms with Crippen molar-refractivity contribution < 1.29 is 0 Å². The molecule has 0 aromatic heterocycles. The van der Waals surface area contributed by atoms with E-state index in [0.29, 0.717) is 5.56 Å². The Morgan fingerprint density at radius 1 is 0.826 bits per heavy atom. The monoisotopic (exact) mass is 297 g/mol. The fourth-order valence-electron chi connectivity index (χ4n) is 2.15. The van der Waals surface area contributed by atoms with Gasteiger partial charge in [0, 0.05) is 17.6 Å². The molecule has 3 rings (SSSR count). The number of nitrogens with one attached hydrogen (secondary N) is 1. The lowest BCUT2D eigenvalue weighted by Gasteiger charge is -2.06. The summed E-state index contributed by atoms with van der Waals surface area (Å²) in [4.78, 5) is 4.40. The van der Waals surface area contributed by atoms with Crippen molar-refractivity contribution >= 4 is 23.3 Å². The number of aliphatic imine (C=N–C) groups is 1. The number of hydrogen-bond acceptors (Lipinski definition) is 3. The number of benzene rings is 3. The van der Waals surface area contributed by atoms with Crippen molar-refractivity contribution in [2.75, 3.05) is 5.32 Å². The molecule has 0 aliphatic carbocycles. The molecule has 0 saturated heterocycles. The van der Waals surface area contributed by atoms with Crippen molar-refractivity contribution in [3.8, 4) is 6.07 Å². The molecule has 0 radical (unpaired) electrons. The summed E-state index contributed by atoms with van der Waals surface area (Å²) < 4.78 is 0.